The van der Waals surface area contributed by atoms with E-state index >= 15 is 0 Å². The number of rotatable bonds is 6. The fourth-order valence-electron chi connectivity index (χ4n) is 3.03. The van der Waals surface area contributed by atoms with Crippen LogP contribution in [0.15, 0.2) is 36.5 Å². The fraction of sp³-hybridized carbons (Fsp3) is 0.389. The molecule has 2 heterocycles. The standard InChI is InChI=1S/C18H22N4O2/c1-13-16(11-20-21-13)18(24)19-10-15-9-17(23)22(12-15)8-7-14-5-3-2-4-6-14/h2-6,11,15H,7-10,12H2,1H3,(H,19,24)(H,20,21). The molecule has 2 aromatic rings. The van der Waals surface area contributed by atoms with Gasteiger partial charge in [0.15, 0.2) is 0 Å². The molecule has 0 aliphatic carbocycles. The van der Waals surface area contributed by atoms with Gasteiger partial charge in [-0.25, -0.2) is 0 Å². The summed E-state index contributed by atoms with van der Waals surface area (Å²) in [4.78, 5) is 26.1. The lowest BCUT2D eigenvalue weighted by Gasteiger charge is -2.17. The maximum atomic E-state index is 12.1. The van der Waals surface area contributed by atoms with Crippen molar-refractivity contribution in [2.75, 3.05) is 19.6 Å². The van der Waals surface area contributed by atoms with E-state index in [1.807, 2.05) is 30.0 Å². The second kappa shape index (κ2) is 7.29. The largest absolute Gasteiger partial charge is 0.352 e. The summed E-state index contributed by atoms with van der Waals surface area (Å²) in [6.07, 6.45) is 2.88. The van der Waals surface area contributed by atoms with Crippen LogP contribution in [0.4, 0.5) is 0 Å². The normalized spacial score (nSPS) is 17.3. The van der Waals surface area contributed by atoms with Gasteiger partial charge in [0.2, 0.25) is 5.91 Å². The average Bonchev–Trinajstić information content (AvgIpc) is 3.17. The molecule has 6 nitrogen and oxygen atoms in total. The smallest absolute Gasteiger partial charge is 0.254 e. The van der Waals surface area contributed by atoms with Gasteiger partial charge in [0.05, 0.1) is 11.8 Å². The highest BCUT2D eigenvalue weighted by molar-refractivity contribution is 5.95. The number of H-pyrrole nitrogens is 1. The molecule has 1 aliphatic rings. The molecule has 2 N–H and O–H groups in total. The summed E-state index contributed by atoms with van der Waals surface area (Å²) in [6.45, 7) is 3.76. The van der Waals surface area contributed by atoms with Crippen LogP contribution in [0.5, 0.6) is 0 Å². The number of hydrogen-bond acceptors (Lipinski definition) is 3. The Labute approximate surface area is 141 Å². The van der Waals surface area contributed by atoms with Crippen LogP contribution in [0, 0.1) is 12.8 Å². The molecule has 0 spiro atoms. The molecule has 2 amide bonds. The number of aromatic amines is 1. The van der Waals surface area contributed by atoms with Crippen molar-refractivity contribution in [1.82, 2.24) is 20.4 Å². The van der Waals surface area contributed by atoms with Crippen LogP contribution in [0.25, 0.3) is 0 Å². The zero-order valence-corrected chi connectivity index (χ0v) is 13.8. The summed E-state index contributed by atoms with van der Waals surface area (Å²) in [6, 6.07) is 10.2. The first-order chi connectivity index (χ1) is 11.6. The van der Waals surface area contributed by atoms with Crippen molar-refractivity contribution in [1.29, 1.82) is 0 Å². The van der Waals surface area contributed by atoms with Crippen molar-refractivity contribution >= 4 is 11.8 Å². The van der Waals surface area contributed by atoms with Crippen LogP contribution in [0.3, 0.4) is 0 Å². The second-order valence-electron chi connectivity index (χ2n) is 6.26. The molecule has 1 unspecified atom stereocenters. The molecular formula is C18H22N4O2. The van der Waals surface area contributed by atoms with E-state index < -0.39 is 0 Å². The summed E-state index contributed by atoms with van der Waals surface area (Å²) in [5, 5.41) is 9.51. The van der Waals surface area contributed by atoms with E-state index in [0.29, 0.717) is 25.1 Å². The number of carbonyl (C=O) groups is 2. The van der Waals surface area contributed by atoms with Crippen molar-refractivity contribution in [3.63, 3.8) is 0 Å². The number of amides is 2. The molecule has 1 atom stereocenters. The number of aromatic nitrogens is 2. The zero-order chi connectivity index (χ0) is 16.9. The first-order valence-corrected chi connectivity index (χ1v) is 8.23. The maximum Gasteiger partial charge on any atom is 0.254 e. The third-order valence-electron chi connectivity index (χ3n) is 4.43. The van der Waals surface area contributed by atoms with E-state index in [1.54, 1.807) is 0 Å². The molecule has 0 radical (unpaired) electrons. The van der Waals surface area contributed by atoms with Gasteiger partial charge in [0.1, 0.15) is 0 Å². The molecule has 1 saturated heterocycles. The zero-order valence-electron chi connectivity index (χ0n) is 13.8. The number of benzene rings is 1. The van der Waals surface area contributed by atoms with Gasteiger partial charge in [-0.3, -0.25) is 14.7 Å². The summed E-state index contributed by atoms with van der Waals surface area (Å²) in [5.74, 6) is 0.200. The Morgan fingerprint density at radius 1 is 1.38 bits per heavy atom. The van der Waals surface area contributed by atoms with Gasteiger partial charge in [0, 0.05) is 37.7 Å². The molecular weight excluding hydrogens is 304 g/mol. The summed E-state index contributed by atoms with van der Waals surface area (Å²) >= 11 is 0. The molecule has 0 bridgehead atoms. The number of carbonyl (C=O) groups excluding carboxylic acids is 2. The van der Waals surface area contributed by atoms with Gasteiger partial charge in [0.25, 0.3) is 5.91 Å². The van der Waals surface area contributed by atoms with E-state index in [1.165, 1.54) is 11.8 Å². The van der Waals surface area contributed by atoms with Crippen molar-refractivity contribution in [3.8, 4) is 0 Å². The first-order valence-electron chi connectivity index (χ1n) is 8.23. The van der Waals surface area contributed by atoms with Crippen LogP contribution in [-0.4, -0.2) is 46.5 Å². The highest BCUT2D eigenvalue weighted by Crippen LogP contribution is 2.18. The lowest BCUT2D eigenvalue weighted by molar-refractivity contribution is -0.127. The molecule has 3 rings (SSSR count). The van der Waals surface area contributed by atoms with Crippen molar-refractivity contribution in [2.45, 2.75) is 19.8 Å². The topological polar surface area (TPSA) is 78.1 Å². The van der Waals surface area contributed by atoms with Gasteiger partial charge in [-0.15, -0.1) is 0 Å². The maximum absolute atomic E-state index is 12.1. The highest BCUT2D eigenvalue weighted by atomic mass is 16.2. The minimum atomic E-state index is -0.142. The lowest BCUT2D eigenvalue weighted by atomic mass is 10.1. The Morgan fingerprint density at radius 2 is 2.17 bits per heavy atom. The van der Waals surface area contributed by atoms with Crippen molar-refractivity contribution in [2.24, 2.45) is 5.92 Å². The fourth-order valence-corrected chi connectivity index (χ4v) is 3.03. The Hall–Kier alpha value is -2.63. The Bertz CT molecular complexity index is 711. The quantitative estimate of drug-likeness (QED) is 0.845. The molecule has 0 saturated carbocycles. The van der Waals surface area contributed by atoms with E-state index in [-0.39, 0.29) is 17.7 Å². The highest BCUT2D eigenvalue weighted by Gasteiger charge is 2.29. The molecule has 1 aromatic heterocycles. The van der Waals surface area contributed by atoms with Gasteiger partial charge < -0.3 is 10.2 Å². The van der Waals surface area contributed by atoms with Gasteiger partial charge in [-0.2, -0.15) is 5.10 Å². The minimum absolute atomic E-state index is 0.142. The van der Waals surface area contributed by atoms with E-state index in [4.69, 9.17) is 0 Å². The van der Waals surface area contributed by atoms with Crippen LogP contribution >= 0.6 is 0 Å². The predicted octanol–water partition coefficient (Wildman–Crippen LogP) is 1.54. The molecule has 1 aromatic carbocycles. The Balaban J connectivity index is 1.46. The Morgan fingerprint density at radius 3 is 2.88 bits per heavy atom. The monoisotopic (exact) mass is 326 g/mol. The molecule has 1 aliphatic heterocycles. The second-order valence-corrected chi connectivity index (χ2v) is 6.26. The van der Waals surface area contributed by atoms with E-state index in [9.17, 15) is 9.59 Å². The summed E-state index contributed by atoms with van der Waals surface area (Å²) in [5.41, 5.74) is 2.54. The van der Waals surface area contributed by atoms with E-state index in [2.05, 4.69) is 27.6 Å². The van der Waals surface area contributed by atoms with Crippen LogP contribution in [0.2, 0.25) is 0 Å². The summed E-state index contributed by atoms with van der Waals surface area (Å²) in [7, 11) is 0. The molecule has 24 heavy (non-hydrogen) atoms. The van der Waals surface area contributed by atoms with Crippen LogP contribution in [-0.2, 0) is 11.2 Å². The average molecular weight is 326 g/mol. The van der Waals surface area contributed by atoms with Gasteiger partial charge in [-0.1, -0.05) is 30.3 Å². The third kappa shape index (κ3) is 3.82. The van der Waals surface area contributed by atoms with Crippen molar-refractivity contribution < 1.29 is 9.59 Å². The number of hydrogen-bond donors (Lipinski definition) is 2. The predicted molar refractivity (Wildman–Crippen MR) is 90.5 cm³/mol. The SMILES string of the molecule is Cc1[nH]ncc1C(=O)NCC1CC(=O)N(CCc2ccccc2)C1. The number of aryl methyl sites for hydroxylation is 1. The van der Waals surface area contributed by atoms with Crippen molar-refractivity contribution in [3.05, 3.63) is 53.3 Å². The number of likely N-dealkylation sites (tertiary alicyclic amines) is 1. The Kier molecular flexibility index (Phi) is 4.93. The lowest BCUT2D eigenvalue weighted by Crippen LogP contribution is -2.32. The van der Waals surface area contributed by atoms with Crippen LogP contribution in [0.1, 0.15) is 28.0 Å². The van der Waals surface area contributed by atoms with E-state index in [0.717, 1.165) is 18.7 Å². The molecule has 126 valence electrons. The van der Waals surface area contributed by atoms with Gasteiger partial charge >= 0.3 is 0 Å². The van der Waals surface area contributed by atoms with Crippen LogP contribution < -0.4 is 5.32 Å². The number of nitrogens with one attached hydrogen (secondary N) is 2. The number of nitrogens with zero attached hydrogens (tertiary/aromatic N) is 2. The molecule has 6 heteroatoms. The first kappa shape index (κ1) is 16.2. The minimum Gasteiger partial charge on any atom is -0.352 e. The third-order valence-corrected chi connectivity index (χ3v) is 4.43. The van der Waals surface area contributed by atoms with Gasteiger partial charge in [-0.05, 0) is 18.9 Å². The summed E-state index contributed by atoms with van der Waals surface area (Å²) < 4.78 is 0. The molecule has 1 fully saturated rings.